The maximum absolute atomic E-state index is 11.2. The molecule has 0 aliphatic heterocycles. The Hall–Kier alpha value is -0.910. The standard InChI is InChI=1S/C11H17NO3S/c1-8-4-5-16-9(8)6-12-7-11(2,14)10(13)15-3/h4-5,12,14H,6-7H2,1-3H3. The number of hydrogen-bond acceptors (Lipinski definition) is 5. The van der Waals surface area contributed by atoms with Gasteiger partial charge in [-0.25, -0.2) is 4.79 Å². The van der Waals surface area contributed by atoms with Crippen molar-refractivity contribution in [1.29, 1.82) is 0 Å². The lowest BCUT2D eigenvalue weighted by Crippen LogP contribution is -2.45. The molecule has 0 spiro atoms. The molecule has 0 saturated carbocycles. The van der Waals surface area contributed by atoms with Gasteiger partial charge < -0.3 is 15.2 Å². The van der Waals surface area contributed by atoms with E-state index in [9.17, 15) is 9.90 Å². The zero-order chi connectivity index (χ0) is 12.2. The Bertz CT molecular complexity index is 360. The second-order valence-corrected chi connectivity index (χ2v) is 4.90. The summed E-state index contributed by atoms with van der Waals surface area (Å²) >= 11 is 1.65. The third kappa shape index (κ3) is 3.30. The zero-order valence-electron chi connectivity index (χ0n) is 9.74. The van der Waals surface area contributed by atoms with Gasteiger partial charge in [0.15, 0.2) is 5.60 Å². The van der Waals surface area contributed by atoms with E-state index in [1.807, 2.05) is 18.4 Å². The predicted octanol–water partition coefficient (Wildman–Crippen LogP) is 1.07. The summed E-state index contributed by atoms with van der Waals surface area (Å²) in [5, 5.41) is 14.8. The maximum Gasteiger partial charge on any atom is 0.338 e. The Balaban J connectivity index is 2.41. The summed E-state index contributed by atoms with van der Waals surface area (Å²) in [6.45, 7) is 4.30. The van der Waals surface area contributed by atoms with E-state index in [4.69, 9.17) is 0 Å². The summed E-state index contributed by atoms with van der Waals surface area (Å²) in [5.74, 6) is -0.622. The van der Waals surface area contributed by atoms with E-state index in [1.54, 1.807) is 11.3 Å². The van der Waals surface area contributed by atoms with Crippen LogP contribution < -0.4 is 5.32 Å². The highest BCUT2D eigenvalue weighted by molar-refractivity contribution is 7.10. The molecular weight excluding hydrogens is 226 g/mol. The Kier molecular flexibility index (Phi) is 4.46. The van der Waals surface area contributed by atoms with Crippen LogP contribution in [-0.2, 0) is 16.1 Å². The van der Waals surface area contributed by atoms with Crippen molar-refractivity contribution in [3.63, 3.8) is 0 Å². The van der Waals surface area contributed by atoms with Gasteiger partial charge in [-0.2, -0.15) is 0 Å². The van der Waals surface area contributed by atoms with Crippen molar-refractivity contribution < 1.29 is 14.6 Å². The second kappa shape index (κ2) is 5.43. The van der Waals surface area contributed by atoms with Crippen molar-refractivity contribution in [2.75, 3.05) is 13.7 Å². The number of ether oxygens (including phenoxy) is 1. The van der Waals surface area contributed by atoms with Gasteiger partial charge in [-0.1, -0.05) is 0 Å². The molecule has 1 unspecified atom stereocenters. The van der Waals surface area contributed by atoms with E-state index in [2.05, 4.69) is 10.1 Å². The van der Waals surface area contributed by atoms with Crippen LogP contribution in [0.25, 0.3) is 0 Å². The van der Waals surface area contributed by atoms with Crippen LogP contribution in [0, 0.1) is 6.92 Å². The van der Waals surface area contributed by atoms with Gasteiger partial charge in [0.25, 0.3) is 0 Å². The lowest BCUT2D eigenvalue weighted by atomic mass is 10.1. The molecule has 0 aliphatic carbocycles. The van der Waals surface area contributed by atoms with Gasteiger partial charge in [-0.3, -0.25) is 0 Å². The van der Waals surface area contributed by atoms with Crippen LogP contribution in [0.2, 0.25) is 0 Å². The number of methoxy groups -OCH3 is 1. The SMILES string of the molecule is COC(=O)C(C)(O)CNCc1sccc1C. The quantitative estimate of drug-likeness (QED) is 0.760. The number of esters is 1. The van der Waals surface area contributed by atoms with Gasteiger partial charge in [0.2, 0.25) is 0 Å². The van der Waals surface area contributed by atoms with Gasteiger partial charge in [0, 0.05) is 18.0 Å². The minimum absolute atomic E-state index is 0.178. The number of aliphatic hydroxyl groups is 1. The smallest absolute Gasteiger partial charge is 0.338 e. The molecule has 0 aliphatic rings. The van der Waals surface area contributed by atoms with Crippen LogP contribution in [0.15, 0.2) is 11.4 Å². The summed E-state index contributed by atoms with van der Waals surface area (Å²) in [6, 6.07) is 2.04. The number of carbonyl (C=O) groups excluding carboxylic acids is 1. The van der Waals surface area contributed by atoms with E-state index < -0.39 is 11.6 Å². The first kappa shape index (κ1) is 13.2. The molecule has 0 aromatic carbocycles. The molecule has 16 heavy (non-hydrogen) atoms. The van der Waals surface area contributed by atoms with E-state index in [0.29, 0.717) is 6.54 Å². The van der Waals surface area contributed by atoms with Gasteiger partial charge in [-0.15, -0.1) is 11.3 Å². The molecule has 4 nitrogen and oxygen atoms in total. The minimum Gasteiger partial charge on any atom is -0.467 e. The summed E-state index contributed by atoms with van der Waals surface area (Å²) in [5.41, 5.74) is -0.255. The molecule has 1 atom stereocenters. The molecule has 90 valence electrons. The van der Waals surface area contributed by atoms with Crippen LogP contribution >= 0.6 is 11.3 Å². The largest absolute Gasteiger partial charge is 0.467 e. The Morgan fingerprint density at radius 3 is 2.88 bits per heavy atom. The number of carbonyl (C=O) groups is 1. The fourth-order valence-electron chi connectivity index (χ4n) is 1.30. The van der Waals surface area contributed by atoms with Crippen molar-refractivity contribution in [2.45, 2.75) is 26.0 Å². The monoisotopic (exact) mass is 243 g/mol. The van der Waals surface area contributed by atoms with Crippen LogP contribution in [0.3, 0.4) is 0 Å². The summed E-state index contributed by atoms with van der Waals surface area (Å²) in [6.07, 6.45) is 0. The number of aryl methyl sites for hydroxylation is 1. The Labute approximate surface area is 99.2 Å². The molecule has 0 fully saturated rings. The van der Waals surface area contributed by atoms with Crippen LogP contribution in [-0.4, -0.2) is 30.3 Å². The Morgan fingerprint density at radius 2 is 2.38 bits per heavy atom. The maximum atomic E-state index is 11.2. The molecule has 0 bridgehead atoms. The van der Waals surface area contributed by atoms with E-state index in [0.717, 1.165) is 0 Å². The highest BCUT2D eigenvalue weighted by atomic mass is 32.1. The summed E-state index contributed by atoms with van der Waals surface area (Å²) in [4.78, 5) is 12.4. The van der Waals surface area contributed by atoms with E-state index in [-0.39, 0.29) is 6.54 Å². The minimum atomic E-state index is -1.47. The lowest BCUT2D eigenvalue weighted by molar-refractivity contribution is -0.159. The predicted molar refractivity (Wildman–Crippen MR) is 63.4 cm³/mol. The molecule has 0 amide bonds. The van der Waals surface area contributed by atoms with Crippen molar-refractivity contribution in [3.05, 3.63) is 21.9 Å². The van der Waals surface area contributed by atoms with Crippen molar-refractivity contribution in [2.24, 2.45) is 0 Å². The van der Waals surface area contributed by atoms with Crippen LogP contribution in [0.4, 0.5) is 0 Å². The average molecular weight is 243 g/mol. The van der Waals surface area contributed by atoms with Crippen molar-refractivity contribution in [3.8, 4) is 0 Å². The highest BCUT2D eigenvalue weighted by Crippen LogP contribution is 2.15. The third-order valence-corrected chi connectivity index (χ3v) is 3.37. The van der Waals surface area contributed by atoms with Gasteiger partial charge >= 0.3 is 5.97 Å². The molecule has 0 saturated heterocycles. The molecule has 1 rings (SSSR count). The van der Waals surface area contributed by atoms with Gasteiger partial charge in [0.1, 0.15) is 0 Å². The first-order valence-corrected chi connectivity index (χ1v) is 5.90. The second-order valence-electron chi connectivity index (χ2n) is 3.90. The molecule has 5 heteroatoms. The normalized spacial score (nSPS) is 14.5. The average Bonchev–Trinajstić information content (AvgIpc) is 2.63. The number of rotatable bonds is 5. The first-order chi connectivity index (χ1) is 7.47. The van der Waals surface area contributed by atoms with E-state index >= 15 is 0 Å². The van der Waals surface area contributed by atoms with Crippen LogP contribution in [0.1, 0.15) is 17.4 Å². The summed E-state index contributed by atoms with van der Waals surface area (Å²) < 4.78 is 4.50. The zero-order valence-corrected chi connectivity index (χ0v) is 10.6. The molecule has 2 N–H and O–H groups in total. The molecule has 0 radical (unpaired) electrons. The topological polar surface area (TPSA) is 58.6 Å². The van der Waals surface area contributed by atoms with Gasteiger partial charge in [0.05, 0.1) is 7.11 Å². The highest BCUT2D eigenvalue weighted by Gasteiger charge is 2.30. The molecule has 1 aromatic heterocycles. The van der Waals surface area contributed by atoms with E-state index in [1.165, 1.54) is 24.5 Å². The number of nitrogens with one attached hydrogen (secondary N) is 1. The Morgan fingerprint density at radius 1 is 1.69 bits per heavy atom. The fraction of sp³-hybridized carbons (Fsp3) is 0.545. The molecular formula is C11H17NO3S. The van der Waals surface area contributed by atoms with Crippen LogP contribution in [0.5, 0.6) is 0 Å². The molecule has 1 heterocycles. The number of thiophene rings is 1. The molecule has 1 aromatic rings. The third-order valence-electron chi connectivity index (χ3n) is 2.35. The van der Waals surface area contributed by atoms with Gasteiger partial charge in [-0.05, 0) is 30.9 Å². The fourth-order valence-corrected chi connectivity index (χ4v) is 2.17. The number of hydrogen-bond donors (Lipinski definition) is 2. The van der Waals surface area contributed by atoms with Crippen molar-refractivity contribution in [1.82, 2.24) is 5.32 Å². The lowest BCUT2D eigenvalue weighted by Gasteiger charge is -2.20. The summed E-state index contributed by atoms with van der Waals surface area (Å²) in [7, 11) is 1.26. The van der Waals surface area contributed by atoms with Crippen molar-refractivity contribution >= 4 is 17.3 Å². The first-order valence-electron chi connectivity index (χ1n) is 5.02.